The zero-order valence-corrected chi connectivity index (χ0v) is 11.2. The van der Waals surface area contributed by atoms with Crippen LogP contribution in [0.3, 0.4) is 0 Å². The van der Waals surface area contributed by atoms with Gasteiger partial charge in [-0.3, -0.25) is 0 Å². The minimum Gasteiger partial charge on any atom is -0.389 e. The molecule has 5 unspecified atom stereocenters. The Balaban J connectivity index is 1.29. The molecule has 0 heterocycles. The third kappa shape index (κ3) is 2.44. The standard InChI is InChI=1S/C14H25NO3/c1-17-4-5-18-8-11(16)7-15-14-12-9-2-3-10(6-9)13(12)14/h9-16H,2-8H2,1H3. The quantitative estimate of drug-likeness (QED) is 0.625. The number of hydrogen-bond donors (Lipinski definition) is 2. The van der Waals surface area contributed by atoms with Gasteiger partial charge in [0.25, 0.3) is 0 Å². The molecule has 0 spiro atoms. The topological polar surface area (TPSA) is 50.7 Å². The molecule has 0 saturated heterocycles. The number of hydrogen-bond acceptors (Lipinski definition) is 4. The normalized spacial score (nSPS) is 42.0. The Morgan fingerprint density at radius 2 is 1.94 bits per heavy atom. The Kier molecular flexibility index (Phi) is 3.89. The average Bonchev–Trinajstić information content (AvgIpc) is 2.77. The predicted molar refractivity (Wildman–Crippen MR) is 68.3 cm³/mol. The van der Waals surface area contributed by atoms with Crippen LogP contribution in [0.2, 0.25) is 0 Å². The molecule has 0 amide bonds. The molecule has 3 fully saturated rings. The third-order valence-corrected chi connectivity index (χ3v) is 5.07. The molecular formula is C14H25NO3. The summed E-state index contributed by atoms with van der Waals surface area (Å²) in [4.78, 5) is 0. The van der Waals surface area contributed by atoms with Gasteiger partial charge in [0.2, 0.25) is 0 Å². The van der Waals surface area contributed by atoms with Crippen LogP contribution < -0.4 is 5.32 Å². The van der Waals surface area contributed by atoms with Gasteiger partial charge < -0.3 is 19.9 Å². The molecule has 0 aromatic carbocycles. The van der Waals surface area contributed by atoms with Crippen LogP contribution in [0.15, 0.2) is 0 Å². The van der Waals surface area contributed by atoms with Crippen molar-refractivity contribution >= 4 is 0 Å². The molecule has 104 valence electrons. The zero-order chi connectivity index (χ0) is 12.5. The van der Waals surface area contributed by atoms with Gasteiger partial charge in [0.15, 0.2) is 0 Å². The monoisotopic (exact) mass is 255 g/mol. The van der Waals surface area contributed by atoms with Crippen molar-refractivity contribution in [3.05, 3.63) is 0 Å². The fourth-order valence-corrected chi connectivity index (χ4v) is 4.29. The third-order valence-electron chi connectivity index (χ3n) is 5.07. The maximum atomic E-state index is 9.81. The van der Waals surface area contributed by atoms with Crippen LogP contribution in [0.25, 0.3) is 0 Å². The highest BCUT2D eigenvalue weighted by Gasteiger charge is 2.64. The van der Waals surface area contributed by atoms with Gasteiger partial charge in [-0.2, -0.15) is 0 Å². The van der Waals surface area contributed by atoms with E-state index in [1.54, 1.807) is 7.11 Å². The first-order valence-electron chi connectivity index (χ1n) is 7.29. The van der Waals surface area contributed by atoms with Gasteiger partial charge in [0.05, 0.1) is 25.9 Å². The second-order valence-corrected chi connectivity index (χ2v) is 6.14. The largest absolute Gasteiger partial charge is 0.389 e. The SMILES string of the molecule is COCCOCC(O)CNC1C2C3CCC(C3)C12. The van der Waals surface area contributed by atoms with E-state index in [-0.39, 0.29) is 6.10 Å². The van der Waals surface area contributed by atoms with Gasteiger partial charge in [-0.25, -0.2) is 0 Å². The summed E-state index contributed by atoms with van der Waals surface area (Å²) in [6, 6.07) is 0.699. The minimum absolute atomic E-state index is 0.388. The summed E-state index contributed by atoms with van der Waals surface area (Å²) >= 11 is 0. The first kappa shape index (κ1) is 12.9. The van der Waals surface area contributed by atoms with E-state index in [4.69, 9.17) is 9.47 Å². The van der Waals surface area contributed by atoms with Crippen LogP contribution in [-0.4, -0.2) is 50.7 Å². The molecule has 3 aliphatic carbocycles. The average molecular weight is 255 g/mol. The lowest BCUT2D eigenvalue weighted by Gasteiger charge is -2.14. The zero-order valence-electron chi connectivity index (χ0n) is 11.2. The van der Waals surface area contributed by atoms with Gasteiger partial charge in [-0.15, -0.1) is 0 Å². The first-order valence-corrected chi connectivity index (χ1v) is 7.29. The first-order chi connectivity index (χ1) is 8.81. The van der Waals surface area contributed by atoms with Gasteiger partial charge in [-0.1, -0.05) is 0 Å². The van der Waals surface area contributed by atoms with E-state index in [9.17, 15) is 5.11 Å². The van der Waals surface area contributed by atoms with Crippen LogP contribution in [0.4, 0.5) is 0 Å². The molecule has 0 radical (unpaired) electrons. The molecule has 5 atom stereocenters. The maximum Gasteiger partial charge on any atom is 0.0897 e. The molecule has 2 bridgehead atoms. The molecule has 2 N–H and O–H groups in total. The number of nitrogens with one attached hydrogen (secondary N) is 1. The van der Waals surface area contributed by atoms with E-state index in [2.05, 4.69) is 5.32 Å². The number of aliphatic hydroxyl groups is 1. The van der Waals surface area contributed by atoms with Crippen molar-refractivity contribution in [2.24, 2.45) is 23.7 Å². The highest BCUT2D eigenvalue weighted by atomic mass is 16.5. The van der Waals surface area contributed by atoms with Crippen LogP contribution in [0, 0.1) is 23.7 Å². The van der Waals surface area contributed by atoms with Crippen molar-refractivity contribution in [1.82, 2.24) is 5.32 Å². The number of methoxy groups -OCH3 is 1. The van der Waals surface area contributed by atoms with Gasteiger partial charge >= 0.3 is 0 Å². The lowest BCUT2D eigenvalue weighted by molar-refractivity contribution is 0.0133. The molecule has 0 aromatic heterocycles. The smallest absolute Gasteiger partial charge is 0.0897 e. The van der Waals surface area contributed by atoms with Crippen molar-refractivity contribution < 1.29 is 14.6 Å². The summed E-state index contributed by atoms with van der Waals surface area (Å²) < 4.78 is 10.2. The van der Waals surface area contributed by atoms with E-state index in [0.717, 1.165) is 23.7 Å². The van der Waals surface area contributed by atoms with Crippen LogP contribution >= 0.6 is 0 Å². The van der Waals surface area contributed by atoms with Crippen molar-refractivity contribution in [3.8, 4) is 0 Å². The van der Waals surface area contributed by atoms with E-state index in [1.807, 2.05) is 0 Å². The van der Waals surface area contributed by atoms with Gasteiger partial charge in [-0.05, 0) is 42.9 Å². The van der Waals surface area contributed by atoms with E-state index < -0.39 is 0 Å². The molecule has 3 saturated carbocycles. The number of fused-ring (bicyclic) bond motifs is 5. The Bertz CT molecular complexity index is 270. The summed E-state index contributed by atoms with van der Waals surface area (Å²) in [6.07, 6.45) is 4.00. The molecule has 0 aliphatic heterocycles. The Morgan fingerprint density at radius 1 is 1.22 bits per heavy atom. The summed E-state index contributed by atoms with van der Waals surface area (Å²) in [6.45, 7) is 2.23. The van der Waals surface area contributed by atoms with Gasteiger partial charge in [0.1, 0.15) is 0 Å². The molecule has 18 heavy (non-hydrogen) atoms. The molecular weight excluding hydrogens is 230 g/mol. The molecule has 3 aliphatic rings. The Morgan fingerprint density at radius 3 is 2.61 bits per heavy atom. The lowest BCUT2D eigenvalue weighted by Crippen LogP contribution is -2.34. The Hall–Kier alpha value is -0.160. The van der Waals surface area contributed by atoms with Crippen LogP contribution in [0.1, 0.15) is 19.3 Å². The summed E-state index contributed by atoms with van der Waals surface area (Å²) in [5, 5.41) is 13.3. The second kappa shape index (κ2) is 5.45. The lowest BCUT2D eigenvalue weighted by atomic mass is 10.0. The minimum atomic E-state index is -0.388. The fraction of sp³-hybridized carbons (Fsp3) is 1.00. The summed E-state index contributed by atoms with van der Waals surface area (Å²) in [5.41, 5.74) is 0. The molecule has 4 heteroatoms. The summed E-state index contributed by atoms with van der Waals surface area (Å²) in [7, 11) is 1.65. The number of aliphatic hydroxyl groups excluding tert-OH is 1. The highest BCUT2D eigenvalue weighted by Crippen LogP contribution is 2.65. The fourth-order valence-electron chi connectivity index (χ4n) is 4.29. The van der Waals surface area contributed by atoms with Crippen LogP contribution in [-0.2, 0) is 9.47 Å². The number of rotatable bonds is 8. The second-order valence-electron chi connectivity index (χ2n) is 6.14. The summed E-state index contributed by atoms with van der Waals surface area (Å²) in [5.74, 6) is 3.86. The molecule has 4 nitrogen and oxygen atoms in total. The highest BCUT2D eigenvalue weighted by molar-refractivity contribution is 5.16. The van der Waals surface area contributed by atoms with Crippen molar-refractivity contribution in [2.75, 3.05) is 33.5 Å². The Labute approximate surface area is 109 Å². The van der Waals surface area contributed by atoms with Gasteiger partial charge in [0, 0.05) is 19.7 Å². The van der Waals surface area contributed by atoms with E-state index >= 15 is 0 Å². The van der Waals surface area contributed by atoms with E-state index in [1.165, 1.54) is 19.3 Å². The maximum absolute atomic E-state index is 9.81. The molecule has 3 rings (SSSR count). The van der Waals surface area contributed by atoms with Crippen molar-refractivity contribution in [1.29, 1.82) is 0 Å². The number of ether oxygens (including phenoxy) is 2. The predicted octanol–water partition coefficient (Wildman–Crippen LogP) is 0.644. The van der Waals surface area contributed by atoms with Crippen LogP contribution in [0.5, 0.6) is 0 Å². The van der Waals surface area contributed by atoms with Crippen molar-refractivity contribution in [3.63, 3.8) is 0 Å². The molecule has 0 aromatic rings. The van der Waals surface area contributed by atoms with Crippen molar-refractivity contribution in [2.45, 2.75) is 31.4 Å². The van der Waals surface area contributed by atoms with E-state index in [0.29, 0.717) is 32.4 Å².